The number of carbonyl (C=O) groups is 3. The molecule has 0 saturated heterocycles. The van der Waals surface area contributed by atoms with E-state index in [9.17, 15) is 23.9 Å². The summed E-state index contributed by atoms with van der Waals surface area (Å²) in [6.07, 6.45) is 13.3. The number of anilines is 8. The molecule has 83 heavy (non-hydrogen) atoms. The van der Waals surface area contributed by atoms with E-state index in [1.165, 1.54) is 18.3 Å². The van der Waals surface area contributed by atoms with Crippen LogP contribution in [-0.4, -0.2) is 103 Å². The summed E-state index contributed by atoms with van der Waals surface area (Å²) in [5, 5.41) is 26.9. The Balaban J connectivity index is 0.000000200. The zero-order valence-electron chi connectivity index (χ0n) is 45.4. The summed E-state index contributed by atoms with van der Waals surface area (Å²) in [5.41, 5.74) is 9.33. The van der Waals surface area contributed by atoms with E-state index in [1.807, 2.05) is 129 Å². The highest BCUT2D eigenvalue weighted by molar-refractivity contribution is 7.86. The van der Waals surface area contributed by atoms with Crippen LogP contribution in [-0.2, 0) is 20.6 Å². The van der Waals surface area contributed by atoms with Gasteiger partial charge in [0.25, 0.3) is 5.91 Å². The van der Waals surface area contributed by atoms with Gasteiger partial charge in [0.05, 0.1) is 39.3 Å². The largest absolute Gasteiger partial charge is 0.360 e. The van der Waals surface area contributed by atoms with Gasteiger partial charge in [-0.1, -0.05) is 72.3 Å². The zero-order valence-corrected chi connectivity index (χ0v) is 47.0. The smallest absolute Gasteiger partial charge is 0.255 e. The molecular weight excluding hydrogens is 1090 g/mol. The molecule has 10 rings (SSSR count). The van der Waals surface area contributed by atoms with Gasteiger partial charge in [-0.2, -0.15) is 5.26 Å². The van der Waals surface area contributed by atoms with Crippen LogP contribution < -0.4 is 31.3 Å². The minimum atomic E-state index is -1.52. The number of aromatic nitrogens is 6. The number of rotatable bonds is 19. The van der Waals surface area contributed by atoms with E-state index in [2.05, 4.69) is 67.3 Å². The number of nitrogens with one attached hydrogen (secondary N) is 8. The highest BCUT2D eigenvalue weighted by atomic mass is 35.5. The number of benzene rings is 6. The van der Waals surface area contributed by atoms with Crippen LogP contribution in [0.25, 0.3) is 44.3 Å². The summed E-state index contributed by atoms with van der Waals surface area (Å²) in [6, 6.07) is 45.9. The van der Waals surface area contributed by atoms with Crippen LogP contribution in [0.15, 0.2) is 200 Å². The van der Waals surface area contributed by atoms with Crippen LogP contribution in [0.4, 0.5) is 46.0 Å². The maximum Gasteiger partial charge on any atom is 0.255 e. The molecule has 0 aliphatic carbocycles. The van der Waals surface area contributed by atoms with Crippen LogP contribution in [0.3, 0.4) is 0 Å². The lowest BCUT2D eigenvalue weighted by atomic mass is 10.1. The van der Waals surface area contributed by atoms with Crippen LogP contribution >= 0.6 is 11.6 Å². The molecule has 21 heteroatoms. The summed E-state index contributed by atoms with van der Waals surface area (Å²) in [5.74, 6) is -0.0687. The van der Waals surface area contributed by atoms with Crippen LogP contribution in [0.2, 0.25) is 5.02 Å². The van der Waals surface area contributed by atoms with Crippen molar-refractivity contribution in [1.82, 2.24) is 39.7 Å². The molecule has 3 amide bonds. The highest BCUT2D eigenvalue weighted by Gasteiger charge is 2.17. The predicted octanol–water partition coefficient (Wildman–Crippen LogP) is 11.8. The van der Waals surface area contributed by atoms with E-state index in [-0.39, 0.29) is 17.7 Å². The number of para-hydroxylation sites is 2. The summed E-state index contributed by atoms with van der Waals surface area (Å²) in [7, 11) is 6.18. The third-order valence-corrected chi connectivity index (χ3v) is 13.7. The van der Waals surface area contributed by atoms with Crippen molar-refractivity contribution in [2.24, 2.45) is 0 Å². The SMILES string of the molecule is CN(C)C/C=C/C(=O)Nc1ccc(C(=O)Nc2cccc(Nc3ncc(C#N)c(-c4c[nH]c5ccccc45)n3)c2)cc1.CN(C)C/C=C/C(=O)Nc1ccc(S(=O)Nc2cccc(Nc3ncc(Cl)c(-c4c[nH]c5ccccc45)n3)c2)cc1. The lowest BCUT2D eigenvalue weighted by Gasteiger charge is -2.11. The lowest BCUT2D eigenvalue weighted by molar-refractivity contribution is -0.112. The second kappa shape index (κ2) is 27.2. The summed E-state index contributed by atoms with van der Waals surface area (Å²) < 4.78 is 16.0. The third-order valence-electron chi connectivity index (χ3n) is 12.3. The van der Waals surface area contributed by atoms with E-state index in [4.69, 9.17) is 11.6 Å². The molecule has 1 unspecified atom stereocenters. The second-order valence-electron chi connectivity index (χ2n) is 19.1. The molecule has 19 nitrogen and oxygen atoms in total. The van der Waals surface area contributed by atoms with Crippen molar-refractivity contribution in [2.45, 2.75) is 4.90 Å². The molecule has 6 aromatic carbocycles. The first-order chi connectivity index (χ1) is 40.2. The average Bonchev–Trinajstić information content (AvgIpc) is 4.18. The molecule has 0 fully saturated rings. The molecule has 4 heterocycles. The lowest BCUT2D eigenvalue weighted by Crippen LogP contribution is -2.13. The molecule has 0 aliphatic rings. The van der Waals surface area contributed by atoms with E-state index in [0.29, 0.717) is 91.5 Å². The number of carbonyl (C=O) groups excluding carboxylic acids is 3. The van der Waals surface area contributed by atoms with Crippen molar-refractivity contribution in [3.63, 3.8) is 0 Å². The third kappa shape index (κ3) is 15.5. The van der Waals surface area contributed by atoms with E-state index in [0.717, 1.165) is 32.9 Å². The maximum absolute atomic E-state index is 13.0. The number of H-pyrrole nitrogens is 2. The topological polar surface area (TPSA) is 254 Å². The fraction of sp³-hybridized carbons (Fsp3) is 0.0968. The first-order valence-electron chi connectivity index (χ1n) is 25.9. The monoisotopic (exact) mass is 1140 g/mol. The quantitative estimate of drug-likeness (QED) is 0.0351. The Morgan fingerprint density at radius 1 is 0.590 bits per heavy atom. The maximum atomic E-state index is 13.0. The van der Waals surface area contributed by atoms with Gasteiger partial charge >= 0.3 is 0 Å². The molecule has 0 saturated carbocycles. The highest BCUT2D eigenvalue weighted by Crippen LogP contribution is 2.34. The van der Waals surface area contributed by atoms with E-state index >= 15 is 0 Å². The van der Waals surface area contributed by atoms with Gasteiger partial charge in [0.15, 0.2) is 0 Å². The van der Waals surface area contributed by atoms with E-state index in [1.54, 1.807) is 85.1 Å². The number of nitriles is 1. The summed E-state index contributed by atoms with van der Waals surface area (Å²) in [4.78, 5) is 65.9. The molecular formula is C62H56ClN15O4S. The molecule has 416 valence electrons. The fourth-order valence-corrected chi connectivity index (χ4v) is 9.35. The van der Waals surface area contributed by atoms with Gasteiger partial charge in [-0.3, -0.25) is 14.4 Å². The van der Waals surface area contributed by atoms with Gasteiger partial charge in [0, 0.05) is 110 Å². The molecule has 8 N–H and O–H groups in total. The predicted molar refractivity (Wildman–Crippen MR) is 331 cm³/mol. The van der Waals surface area contributed by atoms with Crippen LogP contribution in [0.1, 0.15) is 15.9 Å². The Kier molecular flexibility index (Phi) is 18.8. The second-order valence-corrected chi connectivity index (χ2v) is 20.7. The van der Waals surface area contributed by atoms with Gasteiger partial charge in [-0.05, 0) is 125 Å². The minimum absolute atomic E-state index is 0.221. The molecule has 10 aromatic rings. The zero-order chi connectivity index (χ0) is 58.2. The number of amides is 3. The van der Waals surface area contributed by atoms with Crippen molar-refractivity contribution in [1.29, 1.82) is 5.26 Å². The fourth-order valence-electron chi connectivity index (χ4n) is 8.32. The first kappa shape index (κ1) is 57.4. The number of hydrogen-bond acceptors (Lipinski definition) is 13. The number of aromatic amines is 2. The van der Waals surface area contributed by atoms with Crippen LogP contribution in [0.5, 0.6) is 0 Å². The number of likely N-dealkylation sites (N-methyl/N-ethyl adjacent to an activating group) is 2. The molecule has 1 atom stereocenters. The van der Waals surface area contributed by atoms with Crippen molar-refractivity contribution in [3.05, 3.63) is 211 Å². The van der Waals surface area contributed by atoms with Crippen molar-refractivity contribution >= 4 is 108 Å². The Morgan fingerprint density at radius 3 is 1.65 bits per heavy atom. The molecule has 0 bridgehead atoms. The summed E-state index contributed by atoms with van der Waals surface area (Å²) >= 11 is 6.46. The van der Waals surface area contributed by atoms with E-state index < -0.39 is 11.0 Å². The van der Waals surface area contributed by atoms with Gasteiger partial charge in [0.1, 0.15) is 17.1 Å². The average molecular weight is 1140 g/mol. The van der Waals surface area contributed by atoms with Gasteiger partial charge in [-0.25, -0.2) is 24.1 Å². The van der Waals surface area contributed by atoms with Crippen molar-refractivity contribution < 1.29 is 18.6 Å². The Hall–Kier alpha value is -10.3. The number of fused-ring (bicyclic) bond motifs is 2. The molecule has 4 aromatic heterocycles. The Labute approximate surface area is 486 Å². The first-order valence-corrected chi connectivity index (χ1v) is 27.4. The van der Waals surface area contributed by atoms with Gasteiger partial charge < -0.3 is 51.1 Å². The Bertz CT molecular complexity index is 4080. The van der Waals surface area contributed by atoms with Gasteiger partial charge in [0.2, 0.25) is 23.7 Å². The number of hydrogen-bond donors (Lipinski definition) is 8. The molecule has 0 radical (unpaired) electrons. The number of nitrogens with zero attached hydrogens (tertiary/aromatic N) is 7. The van der Waals surface area contributed by atoms with Gasteiger partial charge in [-0.15, -0.1) is 0 Å². The van der Waals surface area contributed by atoms with Crippen LogP contribution in [0, 0.1) is 11.3 Å². The van der Waals surface area contributed by atoms with Crippen molar-refractivity contribution in [3.8, 4) is 28.6 Å². The molecule has 0 spiro atoms. The molecule has 0 aliphatic heterocycles. The minimum Gasteiger partial charge on any atom is -0.360 e. The normalized spacial score (nSPS) is 11.5. The number of halogens is 1. The van der Waals surface area contributed by atoms with Crippen molar-refractivity contribution in [2.75, 3.05) is 72.6 Å². The summed E-state index contributed by atoms with van der Waals surface area (Å²) in [6.45, 7) is 1.34. The standard InChI is InChI=1S/C32H28N8O2.C30H28ClN7O2S/c1-40(2)16-6-11-29(41)36-23-14-12-21(13-15-23)31(42)37-24-7-5-8-25(17-24)38-32-35-19-22(18-33)30(39-32)27-20-34-28-10-4-3-9-26(27)28;1-38(2)16-6-11-28(39)34-20-12-14-23(15-13-20)41(40)37-22-8-5-7-21(17-22)35-30-33-19-26(31)29(36-30)25-18-32-27-10-4-3-9-24(25)27/h3-15,17,19-20,34H,16H2,1-2H3,(H,36,41)(H,37,42)(H,35,38,39);3-15,17-19,32,37H,16H2,1-2H3,(H,34,39)(H,33,35,36)/b2*11-6+. The Morgan fingerprint density at radius 2 is 1.08 bits per heavy atom.